The second-order valence-electron chi connectivity index (χ2n) is 3.47. The molecule has 16 heavy (non-hydrogen) atoms. The monoisotopic (exact) mass is 242 g/mol. The van der Waals surface area contributed by atoms with Gasteiger partial charge in [-0.2, -0.15) is 0 Å². The van der Waals surface area contributed by atoms with E-state index in [9.17, 15) is 13.2 Å². The van der Waals surface area contributed by atoms with Gasteiger partial charge >= 0.3 is 5.97 Å². The molecule has 0 bridgehead atoms. The summed E-state index contributed by atoms with van der Waals surface area (Å²) in [5.41, 5.74) is -0.154. The van der Waals surface area contributed by atoms with E-state index >= 15 is 0 Å². The molecule has 0 aromatic heterocycles. The van der Waals surface area contributed by atoms with Gasteiger partial charge in [-0.25, -0.2) is 13.2 Å². The maximum Gasteiger partial charge on any atom is 0.337 e. The molecule has 1 aromatic rings. The minimum atomic E-state index is -3.48. The molecule has 0 fully saturated rings. The van der Waals surface area contributed by atoms with E-state index in [2.05, 4.69) is 0 Å². The molecule has 4 nitrogen and oxygen atoms in total. The number of hydrogen-bond donors (Lipinski definition) is 1. The lowest BCUT2D eigenvalue weighted by molar-refractivity contribution is 0.0692. The molecule has 0 aliphatic carbocycles. The average Bonchev–Trinajstić information content (AvgIpc) is 2.26. The zero-order chi connectivity index (χ0) is 12.2. The Bertz CT molecular complexity index is 477. The van der Waals surface area contributed by atoms with Crippen LogP contribution in [0.25, 0.3) is 0 Å². The normalized spacial score (nSPS) is 11.3. The van der Waals surface area contributed by atoms with Crippen LogP contribution in [0.4, 0.5) is 0 Å². The molecule has 0 aliphatic heterocycles. The van der Waals surface area contributed by atoms with Crippen LogP contribution in [-0.2, 0) is 9.84 Å². The van der Waals surface area contributed by atoms with Crippen LogP contribution < -0.4 is 0 Å². The van der Waals surface area contributed by atoms with Crippen molar-refractivity contribution in [3.05, 3.63) is 29.8 Å². The smallest absolute Gasteiger partial charge is 0.337 e. The summed E-state index contributed by atoms with van der Waals surface area (Å²) in [4.78, 5) is 10.8. The van der Waals surface area contributed by atoms with E-state index in [1.165, 1.54) is 24.3 Å². The number of hydrogen-bond acceptors (Lipinski definition) is 3. The molecule has 0 unspecified atom stereocenters. The highest BCUT2D eigenvalue weighted by Gasteiger charge is 2.20. The minimum Gasteiger partial charge on any atom is -0.478 e. The Kier molecular flexibility index (Phi) is 4.06. The van der Waals surface area contributed by atoms with Gasteiger partial charge in [-0.1, -0.05) is 25.5 Å². The van der Waals surface area contributed by atoms with E-state index in [-0.39, 0.29) is 16.2 Å². The van der Waals surface area contributed by atoms with Crippen LogP contribution in [0.5, 0.6) is 0 Å². The number of sulfone groups is 1. The molecule has 1 N–H and O–H groups in total. The van der Waals surface area contributed by atoms with Crippen LogP contribution in [0.15, 0.2) is 29.2 Å². The number of rotatable bonds is 5. The summed E-state index contributed by atoms with van der Waals surface area (Å²) >= 11 is 0. The molecule has 0 spiro atoms. The largest absolute Gasteiger partial charge is 0.478 e. The lowest BCUT2D eigenvalue weighted by atomic mass is 10.2. The van der Waals surface area contributed by atoms with Crippen LogP contribution >= 0.6 is 0 Å². The molecule has 0 saturated heterocycles. The number of benzene rings is 1. The van der Waals surface area contributed by atoms with Crippen molar-refractivity contribution in [2.24, 2.45) is 0 Å². The topological polar surface area (TPSA) is 71.4 Å². The van der Waals surface area contributed by atoms with E-state index in [0.717, 1.165) is 6.42 Å². The Morgan fingerprint density at radius 3 is 2.50 bits per heavy atom. The standard InChI is InChI=1S/C11H14O4S/c1-2-3-8-16(14,15)10-7-5-4-6-9(10)11(12)13/h4-7H,2-3,8H2,1H3,(H,12,13). The van der Waals surface area contributed by atoms with Gasteiger partial charge in [-0.3, -0.25) is 0 Å². The molecule has 0 saturated carbocycles. The van der Waals surface area contributed by atoms with Gasteiger partial charge < -0.3 is 5.11 Å². The van der Waals surface area contributed by atoms with Crippen molar-refractivity contribution in [1.29, 1.82) is 0 Å². The lowest BCUT2D eigenvalue weighted by Gasteiger charge is -2.06. The third-order valence-electron chi connectivity index (χ3n) is 2.22. The van der Waals surface area contributed by atoms with Gasteiger partial charge in [0.15, 0.2) is 9.84 Å². The van der Waals surface area contributed by atoms with E-state index in [1.807, 2.05) is 6.92 Å². The Morgan fingerprint density at radius 1 is 1.31 bits per heavy atom. The predicted octanol–water partition coefficient (Wildman–Crippen LogP) is 1.96. The van der Waals surface area contributed by atoms with Crippen LogP contribution in [0.3, 0.4) is 0 Å². The highest BCUT2D eigenvalue weighted by atomic mass is 32.2. The summed E-state index contributed by atoms with van der Waals surface area (Å²) in [5.74, 6) is -1.22. The van der Waals surface area contributed by atoms with Gasteiger partial charge in [0.05, 0.1) is 16.2 Å². The molecule has 1 rings (SSSR count). The van der Waals surface area contributed by atoms with Crippen LogP contribution in [0.1, 0.15) is 30.1 Å². The van der Waals surface area contributed by atoms with Gasteiger partial charge in [0.2, 0.25) is 0 Å². The predicted molar refractivity (Wildman–Crippen MR) is 60.4 cm³/mol. The van der Waals surface area contributed by atoms with Crippen molar-refractivity contribution in [2.75, 3.05) is 5.75 Å². The van der Waals surface area contributed by atoms with E-state index < -0.39 is 15.8 Å². The van der Waals surface area contributed by atoms with Gasteiger partial charge in [-0.05, 0) is 18.6 Å². The average molecular weight is 242 g/mol. The molecular weight excluding hydrogens is 228 g/mol. The van der Waals surface area contributed by atoms with Crippen molar-refractivity contribution in [3.8, 4) is 0 Å². The first kappa shape index (κ1) is 12.7. The van der Waals surface area contributed by atoms with Gasteiger partial charge in [0.1, 0.15) is 0 Å². The zero-order valence-corrected chi connectivity index (χ0v) is 9.83. The molecule has 0 aliphatic rings. The summed E-state index contributed by atoms with van der Waals surface area (Å²) in [6.45, 7) is 1.89. The third kappa shape index (κ3) is 2.82. The summed E-state index contributed by atoms with van der Waals surface area (Å²) in [6.07, 6.45) is 1.30. The van der Waals surface area contributed by atoms with Crippen molar-refractivity contribution < 1.29 is 18.3 Å². The Morgan fingerprint density at radius 2 is 1.94 bits per heavy atom. The van der Waals surface area contributed by atoms with Crippen molar-refractivity contribution in [1.82, 2.24) is 0 Å². The summed E-state index contributed by atoms with van der Waals surface area (Å²) in [5, 5.41) is 8.89. The second kappa shape index (κ2) is 5.12. The number of aromatic carboxylic acids is 1. The fourth-order valence-corrected chi connectivity index (χ4v) is 3.02. The lowest BCUT2D eigenvalue weighted by Crippen LogP contribution is -2.12. The fourth-order valence-electron chi connectivity index (χ4n) is 1.36. The van der Waals surface area contributed by atoms with Gasteiger partial charge in [0.25, 0.3) is 0 Å². The zero-order valence-electron chi connectivity index (χ0n) is 9.01. The first-order chi connectivity index (χ1) is 7.49. The quantitative estimate of drug-likeness (QED) is 0.856. The molecule has 1 aromatic carbocycles. The van der Waals surface area contributed by atoms with Gasteiger partial charge in [-0.15, -0.1) is 0 Å². The SMILES string of the molecule is CCCCS(=O)(=O)c1ccccc1C(=O)O. The summed E-state index contributed by atoms with van der Waals surface area (Å²) < 4.78 is 23.7. The molecule has 0 atom stereocenters. The van der Waals surface area contributed by atoms with Gasteiger partial charge in [0, 0.05) is 0 Å². The first-order valence-electron chi connectivity index (χ1n) is 5.04. The Hall–Kier alpha value is -1.36. The summed E-state index contributed by atoms with van der Waals surface area (Å²) in [7, 11) is -3.48. The third-order valence-corrected chi connectivity index (χ3v) is 4.07. The van der Waals surface area contributed by atoms with E-state index in [4.69, 9.17) is 5.11 Å². The number of carboxylic acid groups (broad SMARTS) is 1. The number of unbranched alkanes of at least 4 members (excludes halogenated alkanes) is 1. The van der Waals surface area contributed by atoms with E-state index in [1.54, 1.807) is 0 Å². The molecule has 0 heterocycles. The highest BCUT2D eigenvalue weighted by molar-refractivity contribution is 7.91. The van der Waals surface area contributed by atoms with Crippen LogP contribution in [-0.4, -0.2) is 25.2 Å². The Labute approximate surface area is 94.8 Å². The first-order valence-corrected chi connectivity index (χ1v) is 6.69. The van der Waals surface area contributed by atoms with Crippen LogP contribution in [0.2, 0.25) is 0 Å². The van der Waals surface area contributed by atoms with E-state index in [0.29, 0.717) is 6.42 Å². The van der Waals surface area contributed by atoms with Crippen LogP contribution in [0, 0.1) is 0 Å². The molecular formula is C11H14O4S. The fraction of sp³-hybridized carbons (Fsp3) is 0.364. The van der Waals surface area contributed by atoms with Crippen molar-refractivity contribution in [2.45, 2.75) is 24.7 Å². The molecule has 88 valence electrons. The number of carbonyl (C=O) groups is 1. The second-order valence-corrected chi connectivity index (χ2v) is 5.55. The molecule has 0 radical (unpaired) electrons. The molecule has 0 amide bonds. The highest BCUT2D eigenvalue weighted by Crippen LogP contribution is 2.18. The maximum absolute atomic E-state index is 11.9. The van der Waals surface area contributed by atoms with Crippen molar-refractivity contribution >= 4 is 15.8 Å². The maximum atomic E-state index is 11.9. The number of carboxylic acids is 1. The minimum absolute atomic E-state index is 0.00616. The Balaban J connectivity index is 3.17. The molecule has 5 heteroatoms. The van der Waals surface area contributed by atoms with Crippen molar-refractivity contribution in [3.63, 3.8) is 0 Å². The summed E-state index contributed by atoms with van der Waals surface area (Å²) in [6, 6.07) is 5.70.